The number of rotatable bonds is 6. The Morgan fingerprint density at radius 2 is 2.04 bits per heavy atom. The van der Waals surface area contributed by atoms with Gasteiger partial charge in [0, 0.05) is 5.92 Å². The van der Waals surface area contributed by atoms with E-state index in [4.69, 9.17) is 9.26 Å². The van der Waals surface area contributed by atoms with E-state index in [0.717, 1.165) is 0 Å². The number of para-hydroxylation sites is 1. The first-order valence-corrected chi connectivity index (χ1v) is 7.54. The van der Waals surface area contributed by atoms with E-state index in [1.54, 1.807) is 32.0 Å². The van der Waals surface area contributed by atoms with E-state index in [-0.39, 0.29) is 30.2 Å². The van der Waals surface area contributed by atoms with Crippen LogP contribution in [0.15, 0.2) is 28.8 Å². The van der Waals surface area contributed by atoms with Crippen molar-refractivity contribution in [1.82, 2.24) is 10.5 Å². The molecule has 5 nitrogen and oxygen atoms in total. The Bertz CT molecular complexity index is 682. The highest BCUT2D eigenvalue weighted by Gasteiger charge is 2.23. The predicted octanol–water partition coefficient (Wildman–Crippen LogP) is 3.44. The van der Waals surface area contributed by atoms with Gasteiger partial charge >= 0.3 is 0 Å². The summed E-state index contributed by atoms with van der Waals surface area (Å²) >= 11 is 0. The van der Waals surface area contributed by atoms with E-state index in [0.29, 0.717) is 17.0 Å². The zero-order valence-corrected chi connectivity index (χ0v) is 13.7. The number of benzene rings is 1. The second kappa shape index (κ2) is 7.26. The van der Waals surface area contributed by atoms with Crippen LogP contribution < -0.4 is 10.1 Å². The lowest BCUT2D eigenvalue weighted by molar-refractivity contribution is 0.0923. The molecule has 0 saturated carbocycles. The second-order valence-electron chi connectivity index (χ2n) is 5.78. The van der Waals surface area contributed by atoms with Crippen LogP contribution in [0.25, 0.3) is 0 Å². The fourth-order valence-electron chi connectivity index (χ4n) is 2.17. The molecule has 23 heavy (non-hydrogen) atoms. The highest BCUT2D eigenvalue weighted by molar-refractivity contribution is 5.96. The Kier molecular flexibility index (Phi) is 5.36. The summed E-state index contributed by atoms with van der Waals surface area (Å²) in [5.74, 6) is 0.0850. The molecular weight excluding hydrogens is 299 g/mol. The van der Waals surface area contributed by atoms with E-state index >= 15 is 0 Å². The SMILES string of the molecule is Cc1noc(C(C)C)c1C(=O)N[C@@H](C)COc1ccccc1F. The lowest BCUT2D eigenvalue weighted by atomic mass is 10.0. The number of amides is 1. The van der Waals surface area contributed by atoms with Gasteiger partial charge in [-0.15, -0.1) is 0 Å². The Balaban J connectivity index is 1.98. The summed E-state index contributed by atoms with van der Waals surface area (Å²) in [6, 6.07) is 5.86. The van der Waals surface area contributed by atoms with Crippen molar-refractivity contribution in [2.75, 3.05) is 6.61 Å². The van der Waals surface area contributed by atoms with Gasteiger partial charge in [-0.1, -0.05) is 31.1 Å². The maximum atomic E-state index is 13.5. The number of carbonyl (C=O) groups excluding carboxylic acids is 1. The third-order valence-corrected chi connectivity index (χ3v) is 3.34. The molecule has 2 aromatic rings. The van der Waals surface area contributed by atoms with Gasteiger partial charge in [-0.25, -0.2) is 4.39 Å². The average molecular weight is 320 g/mol. The molecule has 1 N–H and O–H groups in total. The zero-order chi connectivity index (χ0) is 17.0. The molecule has 124 valence electrons. The minimum Gasteiger partial charge on any atom is -0.488 e. The minimum absolute atomic E-state index is 0.0573. The average Bonchev–Trinajstić information content (AvgIpc) is 2.88. The van der Waals surface area contributed by atoms with Crippen molar-refractivity contribution >= 4 is 5.91 Å². The van der Waals surface area contributed by atoms with Crippen LogP contribution in [0.4, 0.5) is 4.39 Å². The molecule has 0 aliphatic heterocycles. The maximum Gasteiger partial charge on any atom is 0.257 e. The summed E-state index contributed by atoms with van der Waals surface area (Å²) in [5.41, 5.74) is 1.01. The standard InChI is InChI=1S/C17H21FN2O3/c1-10(2)16-15(12(4)20-23-16)17(21)19-11(3)9-22-14-8-6-5-7-13(14)18/h5-8,10-11H,9H2,1-4H3,(H,19,21)/t11-/m0/s1. The lowest BCUT2D eigenvalue weighted by Crippen LogP contribution is -2.37. The van der Waals surface area contributed by atoms with E-state index in [1.807, 2.05) is 13.8 Å². The fraction of sp³-hybridized carbons (Fsp3) is 0.412. The third-order valence-electron chi connectivity index (χ3n) is 3.34. The zero-order valence-electron chi connectivity index (χ0n) is 13.7. The van der Waals surface area contributed by atoms with Gasteiger partial charge < -0.3 is 14.6 Å². The molecule has 0 aliphatic carbocycles. The van der Waals surface area contributed by atoms with Gasteiger partial charge in [-0.3, -0.25) is 4.79 Å². The minimum atomic E-state index is -0.428. The molecule has 6 heteroatoms. The van der Waals surface area contributed by atoms with Crippen LogP contribution in [-0.2, 0) is 0 Å². The van der Waals surface area contributed by atoms with Crippen LogP contribution in [0, 0.1) is 12.7 Å². The number of nitrogens with one attached hydrogen (secondary N) is 1. The van der Waals surface area contributed by atoms with Gasteiger partial charge in [0.25, 0.3) is 5.91 Å². The molecule has 1 amide bonds. The molecule has 1 aromatic heterocycles. The number of hydrogen-bond acceptors (Lipinski definition) is 4. The number of nitrogens with zero attached hydrogens (tertiary/aromatic N) is 1. The molecule has 1 atom stereocenters. The largest absolute Gasteiger partial charge is 0.488 e. The van der Waals surface area contributed by atoms with E-state index in [1.165, 1.54) is 6.07 Å². The predicted molar refractivity (Wildman–Crippen MR) is 84.2 cm³/mol. The number of aryl methyl sites for hydroxylation is 1. The summed E-state index contributed by atoms with van der Waals surface area (Å²) < 4.78 is 24.1. The van der Waals surface area contributed by atoms with Crippen molar-refractivity contribution in [2.24, 2.45) is 0 Å². The van der Waals surface area contributed by atoms with Gasteiger partial charge in [-0.2, -0.15) is 0 Å². The highest BCUT2D eigenvalue weighted by atomic mass is 19.1. The Hall–Kier alpha value is -2.37. The van der Waals surface area contributed by atoms with Crippen molar-refractivity contribution in [2.45, 2.75) is 39.7 Å². The van der Waals surface area contributed by atoms with Crippen LogP contribution in [-0.4, -0.2) is 23.7 Å². The fourth-order valence-corrected chi connectivity index (χ4v) is 2.17. The van der Waals surface area contributed by atoms with Gasteiger partial charge in [-0.05, 0) is 26.0 Å². The summed E-state index contributed by atoms with van der Waals surface area (Å²) in [5, 5.41) is 6.68. The lowest BCUT2D eigenvalue weighted by Gasteiger charge is -2.15. The van der Waals surface area contributed by atoms with Gasteiger partial charge in [0.1, 0.15) is 12.2 Å². The summed E-state index contributed by atoms with van der Waals surface area (Å²) in [4.78, 5) is 12.4. The first kappa shape index (κ1) is 17.0. The van der Waals surface area contributed by atoms with E-state index in [2.05, 4.69) is 10.5 Å². The maximum absolute atomic E-state index is 13.5. The molecular formula is C17H21FN2O3. The molecule has 1 aromatic carbocycles. The van der Waals surface area contributed by atoms with E-state index in [9.17, 15) is 9.18 Å². The summed E-state index contributed by atoms with van der Waals surface area (Å²) in [6.45, 7) is 7.54. The van der Waals surface area contributed by atoms with Crippen molar-refractivity contribution < 1.29 is 18.4 Å². The number of hydrogen-bond donors (Lipinski definition) is 1. The molecule has 0 saturated heterocycles. The molecule has 0 unspecified atom stereocenters. The third kappa shape index (κ3) is 4.09. The van der Waals surface area contributed by atoms with Crippen molar-refractivity contribution in [3.63, 3.8) is 0 Å². The van der Waals surface area contributed by atoms with Crippen molar-refractivity contribution in [1.29, 1.82) is 0 Å². The Morgan fingerprint density at radius 3 is 2.70 bits per heavy atom. The monoisotopic (exact) mass is 320 g/mol. The molecule has 1 heterocycles. The first-order valence-electron chi connectivity index (χ1n) is 7.54. The molecule has 0 fully saturated rings. The van der Waals surface area contributed by atoms with Gasteiger partial charge in [0.15, 0.2) is 17.3 Å². The van der Waals surface area contributed by atoms with Crippen molar-refractivity contribution in [3.8, 4) is 5.75 Å². The Morgan fingerprint density at radius 1 is 1.35 bits per heavy atom. The number of aromatic nitrogens is 1. The van der Waals surface area contributed by atoms with Crippen LogP contribution in [0.5, 0.6) is 5.75 Å². The molecule has 0 aliphatic rings. The molecule has 0 radical (unpaired) electrons. The molecule has 0 bridgehead atoms. The smallest absolute Gasteiger partial charge is 0.257 e. The summed E-state index contributed by atoms with van der Waals surface area (Å²) in [7, 11) is 0. The number of halogens is 1. The Labute approximate surface area is 134 Å². The van der Waals surface area contributed by atoms with Gasteiger partial charge in [0.05, 0.1) is 11.7 Å². The highest BCUT2D eigenvalue weighted by Crippen LogP contribution is 2.22. The number of carbonyl (C=O) groups is 1. The molecule has 2 rings (SSSR count). The quantitative estimate of drug-likeness (QED) is 0.885. The summed E-state index contributed by atoms with van der Waals surface area (Å²) in [6.07, 6.45) is 0. The molecule has 0 spiro atoms. The first-order chi connectivity index (χ1) is 10.9. The van der Waals surface area contributed by atoms with Crippen LogP contribution in [0.3, 0.4) is 0 Å². The normalized spacial score (nSPS) is 12.3. The van der Waals surface area contributed by atoms with Crippen LogP contribution >= 0.6 is 0 Å². The number of ether oxygens (including phenoxy) is 1. The topological polar surface area (TPSA) is 64.4 Å². The van der Waals surface area contributed by atoms with Crippen LogP contribution in [0.2, 0.25) is 0 Å². The second-order valence-corrected chi connectivity index (χ2v) is 5.78. The van der Waals surface area contributed by atoms with Crippen LogP contribution in [0.1, 0.15) is 48.5 Å². The van der Waals surface area contributed by atoms with E-state index < -0.39 is 5.82 Å². The van der Waals surface area contributed by atoms with Crippen molar-refractivity contribution in [3.05, 3.63) is 47.1 Å². The van der Waals surface area contributed by atoms with Gasteiger partial charge in [0.2, 0.25) is 0 Å².